The second-order valence-corrected chi connectivity index (χ2v) is 4.35. The molecule has 1 atom stereocenters. The lowest BCUT2D eigenvalue weighted by Crippen LogP contribution is -2.43. The minimum atomic E-state index is -0.342. The number of carbonyl (C=O) groups is 1. The van der Waals surface area contributed by atoms with E-state index < -0.39 is 0 Å². The minimum absolute atomic E-state index is 0.0388. The summed E-state index contributed by atoms with van der Waals surface area (Å²) in [6.45, 7) is 2.20. The molecule has 1 aliphatic heterocycles. The molecule has 1 aromatic heterocycles. The third-order valence-corrected chi connectivity index (χ3v) is 3.08. The zero-order valence-electron chi connectivity index (χ0n) is 10.2. The monoisotopic (exact) mass is 244 g/mol. The highest BCUT2D eigenvalue weighted by atomic mass is 16.2. The van der Waals surface area contributed by atoms with Gasteiger partial charge in [0.15, 0.2) is 0 Å². The molecule has 94 valence electrons. The maximum atomic E-state index is 11.9. The van der Waals surface area contributed by atoms with Crippen LogP contribution in [0.2, 0.25) is 0 Å². The molecule has 2 heterocycles. The molecule has 1 aliphatic rings. The van der Waals surface area contributed by atoms with Gasteiger partial charge in [0.05, 0.1) is 12.5 Å². The van der Waals surface area contributed by atoms with E-state index in [1.54, 1.807) is 12.4 Å². The fourth-order valence-electron chi connectivity index (χ4n) is 2.15. The summed E-state index contributed by atoms with van der Waals surface area (Å²) in [5.41, 5.74) is 1.11. The van der Waals surface area contributed by atoms with Gasteiger partial charge < -0.3 is 5.32 Å². The quantitative estimate of drug-likeness (QED) is 0.849. The van der Waals surface area contributed by atoms with Crippen molar-refractivity contribution < 1.29 is 4.79 Å². The number of aromatic nitrogens is 1. The van der Waals surface area contributed by atoms with Gasteiger partial charge >= 0.3 is 0 Å². The topological polar surface area (TPSA) is 69.0 Å². The Morgan fingerprint density at radius 2 is 2.28 bits per heavy atom. The first kappa shape index (κ1) is 12.5. The number of carbonyl (C=O) groups excluding carboxylic acids is 1. The third kappa shape index (κ3) is 3.05. The Morgan fingerprint density at radius 1 is 1.50 bits per heavy atom. The molecule has 1 N–H and O–H groups in total. The predicted octanol–water partition coefficient (Wildman–Crippen LogP) is 0.686. The highest BCUT2D eigenvalue weighted by Gasteiger charge is 2.27. The Bertz CT molecular complexity index is 440. The number of pyridine rings is 1. The molecule has 18 heavy (non-hydrogen) atoms. The van der Waals surface area contributed by atoms with Crippen molar-refractivity contribution in [1.29, 1.82) is 5.26 Å². The van der Waals surface area contributed by atoms with Crippen molar-refractivity contribution in [1.82, 2.24) is 15.2 Å². The molecule has 0 aromatic carbocycles. The van der Waals surface area contributed by atoms with E-state index >= 15 is 0 Å². The normalized spacial score (nSPS) is 20.8. The molecular formula is C13H16N4O. The van der Waals surface area contributed by atoms with Gasteiger partial charge in [0.25, 0.3) is 0 Å². The van der Waals surface area contributed by atoms with E-state index in [1.165, 1.54) is 0 Å². The van der Waals surface area contributed by atoms with E-state index in [-0.39, 0.29) is 18.4 Å². The molecule has 5 nitrogen and oxygen atoms in total. The van der Waals surface area contributed by atoms with Gasteiger partial charge in [0, 0.05) is 32.0 Å². The lowest BCUT2D eigenvalue weighted by atomic mass is 10.1. The molecule has 1 amide bonds. The summed E-state index contributed by atoms with van der Waals surface area (Å²) in [6, 6.07) is 5.63. The van der Waals surface area contributed by atoms with Crippen LogP contribution in [-0.2, 0) is 11.3 Å². The molecule has 0 spiro atoms. The SMILES string of the molecule is N#CCC1C(=O)NCCCN1Cc1ccncc1. The highest BCUT2D eigenvalue weighted by molar-refractivity contribution is 5.82. The average molecular weight is 244 g/mol. The molecule has 1 unspecified atom stereocenters. The molecule has 0 bridgehead atoms. The maximum absolute atomic E-state index is 11.9. The number of rotatable bonds is 3. The first-order chi connectivity index (χ1) is 8.81. The standard InChI is InChI=1S/C13H16N4O/c14-5-2-12-13(18)16-6-1-9-17(12)10-11-3-7-15-8-4-11/h3-4,7-8,12H,1-2,6,9-10H2,(H,16,18). The zero-order valence-corrected chi connectivity index (χ0v) is 10.2. The summed E-state index contributed by atoms with van der Waals surface area (Å²) >= 11 is 0. The maximum Gasteiger partial charge on any atom is 0.238 e. The van der Waals surface area contributed by atoms with Crippen LogP contribution >= 0.6 is 0 Å². The first-order valence-electron chi connectivity index (χ1n) is 6.09. The van der Waals surface area contributed by atoms with Gasteiger partial charge in [0.1, 0.15) is 6.04 Å². The van der Waals surface area contributed by atoms with Crippen LogP contribution in [0.25, 0.3) is 0 Å². The summed E-state index contributed by atoms with van der Waals surface area (Å²) in [6.07, 6.45) is 4.63. The van der Waals surface area contributed by atoms with Crippen molar-refractivity contribution in [2.24, 2.45) is 0 Å². The lowest BCUT2D eigenvalue weighted by molar-refractivity contribution is -0.125. The summed E-state index contributed by atoms with van der Waals surface area (Å²) < 4.78 is 0. The van der Waals surface area contributed by atoms with Crippen molar-refractivity contribution in [2.75, 3.05) is 13.1 Å². The van der Waals surface area contributed by atoms with Crippen molar-refractivity contribution >= 4 is 5.91 Å². The summed E-state index contributed by atoms with van der Waals surface area (Å²) in [5, 5.41) is 11.7. The molecule has 1 fully saturated rings. The van der Waals surface area contributed by atoms with Gasteiger partial charge in [-0.2, -0.15) is 5.26 Å². The molecule has 2 rings (SSSR count). The number of nitrogens with zero attached hydrogens (tertiary/aromatic N) is 3. The third-order valence-electron chi connectivity index (χ3n) is 3.08. The van der Waals surface area contributed by atoms with Crippen LogP contribution < -0.4 is 5.32 Å². The fraction of sp³-hybridized carbons (Fsp3) is 0.462. The van der Waals surface area contributed by atoms with Crippen LogP contribution in [0, 0.1) is 11.3 Å². The summed E-state index contributed by atoms with van der Waals surface area (Å²) in [7, 11) is 0. The summed E-state index contributed by atoms with van der Waals surface area (Å²) in [5.74, 6) is -0.0388. The molecule has 1 saturated heterocycles. The number of amides is 1. The van der Waals surface area contributed by atoms with Gasteiger partial charge in [0.2, 0.25) is 5.91 Å². The van der Waals surface area contributed by atoms with Crippen molar-refractivity contribution in [2.45, 2.75) is 25.4 Å². The van der Waals surface area contributed by atoms with Gasteiger partial charge in [-0.05, 0) is 24.1 Å². The van der Waals surface area contributed by atoms with Crippen LogP contribution in [0.3, 0.4) is 0 Å². The Morgan fingerprint density at radius 3 is 3.00 bits per heavy atom. The van der Waals surface area contributed by atoms with Crippen LogP contribution in [0.5, 0.6) is 0 Å². The largest absolute Gasteiger partial charge is 0.355 e. The van der Waals surface area contributed by atoms with E-state index in [4.69, 9.17) is 5.26 Å². The van der Waals surface area contributed by atoms with E-state index in [0.717, 1.165) is 18.5 Å². The molecule has 0 saturated carbocycles. The fourth-order valence-corrected chi connectivity index (χ4v) is 2.15. The number of hydrogen-bond donors (Lipinski definition) is 1. The zero-order chi connectivity index (χ0) is 12.8. The van der Waals surface area contributed by atoms with Gasteiger partial charge in [-0.15, -0.1) is 0 Å². The van der Waals surface area contributed by atoms with Crippen LogP contribution in [-0.4, -0.2) is 34.9 Å². The first-order valence-corrected chi connectivity index (χ1v) is 6.09. The highest BCUT2D eigenvalue weighted by Crippen LogP contribution is 2.13. The van der Waals surface area contributed by atoms with Crippen LogP contribution in [0.15, 0.2) is 24.5 Å². The van der Waals surface area contributed by atoms with Crippen molar-refractivity contribution in [3.05, 3.63) is 30.1 Å². The van der Waals surface area contributed by atoms with Crippen LogP contribution in [0.1, 0.15) is 18.4 Å². The minimum Gasteiger partial charge on any atom is -0.355 e. The second kappa shape index (κ2) is 6.12. The lowest BCUT2D eigenvalue weighted by Gasteiger charge is -2.26. The Hall–Kier alpha value is -1.93. The van der Waals surface area contributed by atoms with Crippen molar-refractivity contribution in [3.8, 4) is 6.07 Å². The van der Waals surface area contributed by atoms with Gasteiger partial charge in [-0.3, -0.25) is 14.7 Å². The van der Waals surface area contributed by atoms with E-state index in [9.17, 15) is 4.79 Å². The Labute approximate surface area is 106 Å². The smallest absolute Gasteiger partial charge is 0.238 e. The van der Waals surface area contributed by atoms with Crippen LogP contribution in [0.4, 0.5) is 0 Å². The van der Waals surface area contributed by atoms with Gasteiger partial charge in [-0.25, -0.2) is 0 Å². The van der Waals surface area contributed by atoms with E-state index in [0.29, 0.717) is 13.1 Å². The van der Waals surface area contributed by atoms with E-state index in [2.05, 4.69) is 21.3 Å². The second-order valence-electron chi connectivity index (χ2n) is 4.35. The molecule has 1 aromatic rings. The molecule has 0 radical (unpaired) electrons. The molecular weight excluding hydrogens is 228 g/mol. The summed E-state index contributed by atoms with van der Waals surface area (Å²) in [4.78, 5) is 17.9. The number of nitrogens with one attached hydrogen (secondary N) is 1. The average Bonchev–Trinajstić information content (AvgIpc) is 2.56. The van der Waals surface area contributed by atoms with Gasteiger partial charge in [-0.1, -0.05) is 0 Å². The molecule has 5 heteroatoms. The Balaban J connectivity index is 2.12. The number of nitriles is 1. The Kier molecular flexibility index (Phi) is 4.26. The number of hydrogen-bond acceptors (Lipinski definition) is 4. The van der Waals surface area contributed by atoms with E-state index in [1.807, 2.05) is 12.1 Å². The van der Waals surface area contributed by atoms with Crippen molar-refractivity contribution in [3.63, 3.8) is 0 Å². The predicted molar refractivity (Wildman–Crippen MR) is 66.3 cm³/mol. The molecule has 0 aliphatic carbocycles.